The van der Waals surface area contributed by atoms with Crippen LogP contribution in [-0.2, 0) is 19.1 Å². The zero-order valence-electron chi connectivity index (χ0n) is 20.2. The number of hydrogen-bond donors (Lipinski definition) is 0. The molecule has 4 heteroatoms. The minimum Gasteiger partial charge on any atom is -0.468 e. The predicted molar refractivity (Wildman–Crippen MR) is 125 cm³/mol. The molecule has 0 aliphatic rings. The summed E-state index contributed by atoms with van der Waals surface area (Å²) in [5.74, 6) is -1.52. The third-order valence-corrected chi connectivity index (χ3v) is 5.02. The van der Waals surface area contributed by atoms with Gasteiger partial charge in [0.1, 0.15) is 12.5 Å². The van der Waals surface area contributed by atoms with Gasteiger partial charge in [-0.3, -0.25) is 9.59 Å². The molecule has 0 saturated heterocycles. The van der Waals surface area contributed by atoms with Crippen molar-refractivity contribution < 1.29 is 19.1 Å². The van der Waals surface area contributed by atoms with Crippen molar-refractivity contribution in [2.75, 3.05) is 20.8 Å². The van der Waals surface area contributed by atoms with E-state index in [0.717, 1.165) is 38.5 Å². The number of carbonyl (C=O) groups excluding carboxylic acids is 2. The van der Waals surface area contributed by atoms with Gasteiger partial charge in [-0.05, 0) is 79.6 Å². The Morgan fingerprint density at radius 3 is 1.63 bits per heavy atom. The number of hydrogen-bond acceptors (Lipinski definition) is 4. The fourth-order valence-electron chi connectivity index (χ4n) is 3.05. The number of allylic oxidation sites excluding steroid dienone is 8. The Balaban J connectivity index is 4.42. The van der Waals surface area contributed by atoms with Gasteiger partial charge in [-0.25, -0.2) is 0 Å². The maximum absolute atomic E-state index is 12.0. The standard InChI is InChI=1S/C26H42O4/c1-20(2)11-8-12-21(3)13-9-14-22(4)15-10-16-23(5)17-18-24(26(28)30-7)25(27)19-29-6/h11,13,15,17,24H,8-10,12,14,16,18-19H2,1-7H3/b21-13+,22-15+,23-17+. The lowest BCUT2D eigenvalue weighted by Crippen LogP contribution is -2.27. The van der Waals surface area contributed by atoms with Crippen LogP contribution in [0, 0.1) is 5.92 Å². The van der Waals surface area contributed by atoms with Crippen molar-refractivity contribution in [3.05, 3.63) is 46.6 Å². The highest BCUT2D eigenvalue weighted by atomic mass is 16.5. The summed E-state index contributed by atoms with van der Waals surface area (Å²) >= 11 is 0. The molecule has 1 unspecified atom stereocenters. The average molecular weight is 419 g/mol. The molecule has 0 N–H and O–H groups in total. The van der Waals surface area contributed by atoms with Gasteiger partial charge in [-0.1, -0.05) is 46.6 Å². The van der Waals surface area contributed by atoms with Gasteiger partial charge in [0, 0.05) is 7.11 Å². The quantitative estimate of drug-likeness (QED) is 0.172. The highest BCUT2D eigenvalue weighted by Gasteiger charge is 2.25. The molecule has 0 aromatic rings. The fourth-order valence-corrected chi connectivity index (χ4v) is 3.05. The van der Waals surface area contributed by atoms with E-state index in [0.29, 0.717) is 6.42 Å². The summed E-state index contributed by atoms with van der Waals surface area (Å²) in [6.45, 7) is 10.6. The first-order valence-electron chi connectivity index (χ1n) is 10.9. The van der Waals surface area contributed by atoms with Crippen LogP contribution in [0.4, 0.5) is 0 Å². The topological polar surface area (TPSA) is 52.6 Å². The van der Waals surface area contributed by atoms with E-state index in [2.05, 4.69) is 45.9 Å². The highest BCUT2D eigenvalue weighted by Crippen LogP contribution is 2.16. The Bertz CT molecular complexity index is 646. The van der Waals surface area contributed by atoms with E-state index >= 15 is 0 Å². The second kappa shape index (κ2) is 16.8. The minimum atomic E-state index is -0.783. The van der Waals surface area contributed by atoms with Crippen LogP contribution in [0.3, 0.4) is 0 Å². The van der Waals surface area contributed by atoms with E-state index in [1.54, 1.807) is 0 Å². The molecule has 0 aromatic carbocycles. The van der Waals surface area contributed by atoms with Crippen molar-refractivity contribution in [3.8, 4) is 0 Å². The first-order valence-corrected chi connectivity index (χ1v) is 10.9. The monoisotopic (exact) mass is 418 g/mol. The Kier molecular flexibility index (Phi) is 15.7. The SMILES string of the molecule is COCC(=O)C(C/C=C(\C)CC/C=C(\C)CC/C=C(\C)CCC=C(C)C)C(=O)OC. The molecule has 0 bridgehead atoms. The summed E-state index contributed by atoms with van der Waals surface area (Å²) in [5.41, 5.74) is 5.42. The van der Waals surface area contributed by atoms with Gasteiger partial charge in [0.2, 0.25) is 0 Å². The second-order valence-electron chi connectivity index (χ2n) is 8.26. The van der Waals surface area contributed by atoms with Gasteiger partial charge in [0.05, 0.1) is 7.11 Å². The first kappa shape index (κ1) is 28.1. The predicted octanol–water partition coefficient (Wildman–Crippen LogP) is 6.53. The van der Waals surface area contributed by atoms with Gasteiger partial charge in [-0.15, -0.1) is 0 Å². The van der Waals surface area contributed by atoms with Crippen molar-refractivity contribution in [1.29, 1.82) is 0 Å². The number of Topliss-reactive ketones (excluding diaryl/α,β-unsaturated/α-hetero) is 1. The summed E-state index contributed by atoms with van der Waals surface area (Å²) in [6.07, 6.45) is 15.6. The molecule has 0 saturated carbocycles. The van der Waals surface area contributed by atoms with Gasteiger partial charge >= 0.3 is 5.97 Å². The van der Waals surface area contributed by atoms with Gasteiger partial charge in [-0.2, -0.15) is 0 Å². The molecule has 0 heterocycles. The van der Waals surface area contributed by atoms with Crippen LogP contribution in [0.2, 0.25) is 0 Å². The number of rotatable bonds is 15. The van der Waals surface area contributed by atoms with Crippen molar-refractivity contribution in [3.63, 3.8) is 0 Å². The molecule has 0 fully saturated rings. The molecule has 0 rings (SSSR count). The molecular weight excluding hydrogens is 376 g/mol. The van der Waals surface area contributed by atoms with E-state index in [4.69, 9.17) is 9.47 Å². The third kappa shape index (κ3) is 14.1. The summed E-state index contributed by atoms with van der Waals surface area (Å²) in [7, 11) is 2.75. The maximum Gasteiger partial charge on any atom is 0.316 e. The molecule has 30 heavy (non-hydrogen) atoms. The normalized spacial score (nSPS) is 13.8. The summed E-state index contributed by atoms with van der Waals surface area (Å²) < 4.78 is 9.61. The van der Waals surface area contributed by atoms with E-state index in [9.17, 15) is 9.59 Å². The molecule has 0 radical (unpaired) electrons. The van der Waals surface area contributed by atoms with Crippen LogP contribution in [0.15, 0.2) is 46.6 Å². The lowest BCUT2D eigenvalue weighted by atomic mass is 9.98. The van der Waals surface area contributed by atoms with Crippen LogP contribution in [0.1, 0.15) is 79.6 Å². The van der Waals surface area contributed by atoms with Crippen LogP contribution < -0.4 is 0 Å². The zero-order valence-corrected chi connectivity index (χ0v) is 20.2. The van der Waals surface area contributed by atoms with Crippen LogP contribution >= 0.6 is 0 Å². The van der Waals surface area contributed by atoms with Crippen molar-refractivity contribution >= 4 is 11.8 Å². The van der Waals surface area contributed by atoms with Gasteiger partial charge < -0.3 is 9.47 Å². The zero-order chi connectivity index (χ0) is 22.9. The average Bonchev–Trinajstić information content (AvgIpc) is 2.67. The Morgan fingerprint density at radius 2 is 1.20 bits per heavy atom. The molecule has 0 aromatic heterocycles. The molecule has 0 aliphatic heterocycles. The Hall–Kier alpha value is -1.94. The number of methoxy groups -OCH3 is 2. The summed E-state index contributed by atoms with van der Waals surface area (Å²) in [5, 5.41) is 0. The van der Waals surface area contributed by atoms with Crippen molar-refractivity contribution in [2.45, 2.75) is 79.6 Å². The Morgan fingerprint density at radius 1 is 0.733 bits per heavy atom. The fraction of sp³-hybridized carbons (Fsp3) is 0.615. The van der Waals surface area contributed by atoms with Gasteiger partial charge in [0.25, 0.3) is 0 Å². The molecule has 0 aliphatic carbocycles. The van der Waals surface area contributed by atoms with Crippen LogP contribution in [0.25, 0.3) is 0 Å². The van der Waals surface area contributed by atoms with Gasteiger partial charge in [0.15, 0.2) is 5.78 Å². The van der Waals surface area contributed by atoms with E-state index in [1.165, 1.54) is 36.5 Å². The third-order valence-electron chi connectivity index (χ3n) is 5.02. The number of ketones is 1. The molecule has 4 nitrogen and oxygen atoms in total. The molecule has 0 amide bonds. The summed E-state index contributed by atoms with van der Waals surface area (Å²) in [4.78, 5) is 23.9. The lowest BCUT2D eigenvalue weighted by Gasteiger charge is -2.11. The van der Waals surface area contributed by atoms with E-state index < -0.39 is 11.9 Å². The number of ether oxygens (including phenoxy) is 2. The summed E-state index contributed by atoms with van der Waals surface area (Å²) in [6, 6.07) is 0. The first-order chi connectivity index (χ1) is 14.2. The molecule has 170 valence electrons. The largest absolute Gasteiger partial charge is 0.468 e. The van der Waals surface area contributed by atoms with Crippen molar-refractivity contribution in [2.24, 2.45) is 5.92 Å². The number of carbonyl (C=O) groups is 2. The molecule has 0 spiro atoms. The van der Waals surface area contributed by atoms with Crippen LogP contribution in [0.5, 0.6) is 0 Å². The molecular formula is C26H42O4. The van der Waals surface area contributed by atoms with E-state index in [-0.39, 0.29) is 12.4 Å². The second-order valence-corrected chi connectivity index (χ2v) is 8.26. The van der Waals surface area contributed by atoms with E-state index in [1.807, 2.05) is 13.0 Å². The highest BCUT2D eigenvalue weighted by molar-refractivity contribution is 5.99. The Labute approximate surface area is 184 Å². The minimum absolute atomic E-state index is 0.0720. The lowest BCUT2D eigenvalue weighted by molar-refractivity contribution is -0.150. The van der Waals surface area contributed by atoms with Crippen molar-refractivity contribution in [1.82, 2.24) is 0 Å². The smallest absolute Gasteiger partial charge is 0.316 e. The maximum atomic E-state index is 12.0. The van der Waals surface area contributed by atoms with Crippen LogP contribution in [-0.4, -0.2) is 32.6 Å². The molecule has 1 atom stereocenters. The number of esters is 1.